The first-order valence-corrected chi connectivity index (χ1v) is 11.1. The highest BCUT2D eigenvalue weighted by molar-refractivity contribution is 5.93. The lowest BCUT2D eigenvalue weighted by molar-refractivity contribution is -0.384. The van der Waals surface area contributed by atoms with Crippen LogP contribution in [-0.2, 0) is 16.0 Å². The lowest BCUT2D eigenvalue weighted by atomic mass is 10.0. The Morgan fingerprint density at radius 1 is 1.06 bits per heavy atom. The molecule has 0 fully saturated rings. The van der Waals surface area contributed by atoms with Crippen LogP contribution in [0.15, 0.2) is 42.6 Å². The van der Waals surface area contributed by atoms with E-state index in [1.807, 2.05) is 6.20 Å². The van der Waals surface area contributed by atoms with E-state index >= 15 is 0 Å². The fourth-order valence-corrected chi connectivity index (χ4v) is 3.47. The number of carbonyl (C=O) groups excluding carboxylic acids is 2. The minimum Gasteiger partial charge on any atom is -0.496 e. The third-order valence-electron chi connectivity index (χ3n) is 5.38. The van der Waals surface area contributed by atoms with E-state index in [1.54, 1.807) is 30.3 Å². The Morgan fingerprint density at radius 2 is 1.82 bits per heavy atom. The number of rotatable bonds is 10. The first kappa shape index (κ1) is 26.4. The number of aromatic nitrogens is 1. The second-order valence-electron chi connectivity index (χ2n) is 7.76. The smallest absolute Gasteiger partial charge is 0.305 e. The molecule has 0 bridgehead atoms. The summed E-state index contributed by atoms with van der Waals surface area (Å²) in [5.74, 6) is -0.0650. The number of ether oxygens (including phenoxy) is 2. The molecule has 0 spiro atoms. The van der Waals surface area contributed by atoms with Crippen molar-refractivity contribution in [3.8, 4) is 5.75 Å². The van der Waals surface area contributed by atoms with Crippen LogP contribution in [0.5, 0.6) is 5.75 Å². The van der Waals surface area contributed by atoms with Gasteiger partial charge in [0.1, 0.15) is 5.75 Å². The molecule has 0 saturated carbocycles. The summed E-state index contributed by atoms with van der Waals surface area (Å²) in [7, 11) is 2.95. The van der Waals surface area contributed by atoms with Crippen LogP contribution in [0.4, 0.5) is 5.69 Å². The monoisotopic (exact) mass is 469 g/mol. The number of nitro benzene ring substituents is 1. The minimum absolute atomic E-state index is 0.0411. The number of hydrogen-bond donors (Lipinski definition) is 2. The molecule has 34 heavy (non-hydrogen) atoms. The topological polar surface area (TPSA) is 138 Å². The number of nitro groups is 1. The standard InChI is InChI=1S/C17H15N3O4.C8H16O2/c1-24-16-7-11(17(18)21)3-2-10(16)6-12-9-19-15-5-4-13(20(22)23)8-14(12)15;1-3-4-5-6-7-8(9)10-2/h2-5,7-9,19H,6H2,1H3,(H2,18,21);3-7H2,1-2H3. The van der Waals surface area contributed by atoms with Crippen molar-refractivity contribution in [2.75, 3.05) is 14.2 Å². The lowest BCUT2D eigenvalue weighted by Gasteiger charge is -2.09. The van der Waals surface area contributed by atoms with Crippen molar-refractivity contribution in [1.29, 1.82) is 0 Å². The molecule has 2 aromatic carbocycles. The van der Waals surface area contributed by atoms with Gasteiger partial charge in [0, 0.05) is 47.6 Å². The van der Waals surface area contributed by atoms with Crippen molar-refractivity contribution in [2.45, 2.75) is 45.4 Å². The highest BCUT2D eigenvalue weighted by Crippen LogP contribution is 2.29. The van der Waals surface area contributed by atoms with Gasteiger partial charge >= 0.3 is 5.97 Å². The number of esters is 1. The molecule has 1 heterocycles. The van der Waals surface area contributed by atoms with Gasteiger partial charge in [-0.05, 0) is 35.7 Å². The predicted molar refractivity (Wildman–Crippen MR) is 130 cm³/mol. The molecule has 0 aliphatic heterocycles. The maximum absolute atomic E-state index is 11.3. The molecule has 0 unspecified atom stereocenters. The van der Waals surface area contributed by atoms with Crippen LogP contribution in [0.25, 0.3) is 10.9 Å². The van der Waals surface area contributed by atoms with Crippen molar-refractivity contribution >= 4 is 28.5 Å². The summed E-state index contributed by atoms with van der Waals surface area (Å²) in [4.78, 5) is 35.5. The number of carbonyl (C=O) groups is 2. The molecule has 1 amide bonds. The Balaban J connectivity index is 0.000000347. The minimum atomic E-state index is -0.525. The largest absolute Gasteiger partial charge is 0.496 e. The first-order chi connectivity index (χ1) is 16.3. The molecule has 9 nitrogen and oxygen atoms in total. The van der Waals surface area contributed by atoms with Crippen LogP contribution in [0.2, 0.25) is 0 Å². The highest BCUT2D eigenvalue weighted by atomic mass is 16.6. The van der Waals surface area contributed by atoms with Gasteiger partial charge in [-0.2, -0.15) is 0 Å². The molecule has 3 aromatic rings. The average molecular weight is 470 g/mol. The maximum Gasteiger partial charge on any atom is 0.305 e. The molecule has 1 aromatic heterocycles. The number of benzene rings is 2. The van der Waals surface area contributed by atoms with Crippen molar-refractivity contribution < 1.29 is 24.0 Å². The number of amides is 1. The number of nitrogens with one attached hydrogen (secondary N) is 1. The Bertz CT molecular complexity index is 1140. The van der Waals surface area contributed by atoms with Crippen LogP contribution in [0, 0.1) is 10.1 Å². The van der Waals surface area contributed by atoms with Crippen LogP contribution in [0.3, 0.4) is 0 Å². The van der Waals surface area contributed by atoms with Gasteiger partial charge in [-0.25, -0.2) is 0 Å². The molecule has 182 valence electrons. The number of H-pyrrole nitrogens is 1. The summed E-state index contributed by atoms with van der Waals surface area (Å²) in [5, 5.41) is 11.8. The molecular weight excluding hydrogens is 438 g/mol. The molecule has 0 radical (unpaired) electrons. The number of nitrogens with zero attached hydrogens (tertiary/aromatic N) is 1. The van der Waals surface area contributed by atoms with Crippen LogP contribution < -0.4 is 10.5 Å². The Kier molecular flexibility index (Phi) is 10.1. The van der Waals surface area contributed by atoms with Crippen LogP contribution in [0.1, 0.15) is 60.5 Å². The molecule has 3 rings (SSSR count). The van der Waals surface area contributed by atoms with E-state index in [0.717, 1.165) is 34.9 Å². The highest BCUT2D eigenvalue weighted by Gasteiger charge is 2.13. The fraction of sp³-hybridized carbons (Fsp3) is 0.360. The van der Waals surface area contributed by atoms with E-state index in [1.165, 1.54) is 33.1 Å². The van der Waals surface area contributed by atoms with Gasteiger partial charge in [0.05, 0.1) is 19.1 Å². The van der Waals surface area contributed by atoms with Crippen LogP contribution in [-0.4, -0.2) is 36.0 Å². The summed E-state index contributed by atoms with van der Waals surface area (Å²) in [6.45, 7) is 2.15. The quantitative estimate of drug-likeness (QED) is 0.187. The summed E-state index contributed by atoms with van der Waals surface area (Å²) >= 11 is 0. The summed E-state index contributed by atoms with van der Waals surface area (Å²) in [5.41, 5.74) is 8.27. The maximum atomic E-state index is 11.3. The zero-order valence-corrected chi connectivity index (χ0v) is 19.8. The molecular formula is C25H31N3O6. The zero-order valence-electron chi connectivity index (χ0n) is 19.8. The number of fused-ring (bicyclic) bond motifs is 1. The molecule has 3 N–H and O–H groups in total. The van der Waals surface area contributed by atoms with E-state index in [-0.39, 0.29) is 11.7 Å². The number of unbranched alkanes of at least 4 members (excludes halogenated alkanes) is 3. The van der Waals surface area contributed by atoms with Crippen LogP contribution >= 0.6 is 0 Å². The van der Waals surface area contributed by atoms with Crippen molar-refractivity contribution in [3.63, 3.8) is 0 Å². The van der Waals surface area contributed by atoms with E-state index in [4.69, 9.17) is 10.5 Å². The second-order valence-corrected chi connectivity index (χ2v) is 7.76. The molecule has 0 saturated heterocycles. The molecule has 0 aliphatic carbocycles. The lowest BCUT2D eigenvalue weighted by Crippen LogP contribution is -2.11. The third-order valence-corrected chi connectivity index (χ3v) is 5.38. The van der Waals surface area contributed by atoms with Gasteiger partial charge in [0.15, 0.2) is 0 Å². The van der Waals surface area contributed by atoms with Crippen molar-refractivity contribution in [3.05, 3.63) is 69.4 Å². The van der Waals surface area contributed by atoms with E-state index in [0.29, 0.717) is 24.2 Å². The van der Waals surface area contributed by atoms with Gasteiger partial charge in [0.2, 0.25) is 5.91 Å². The summed E-state index contributed by atoms with van der Waals surface area (Å²) in [6, 6.07) is 9.70. The zero-order chi connectivity index (χ0) is 25.1. The van der Waals surface area contributed by atoms with Gasteiger partial charge < -0.3 is 20.2 Å². The fourth-order valence-electron chi connectivity index (χ4n) is 3.47. The number of aromatic amines is 1. The average Bonchev–Trinajstić information content (AvgIpc) is 3.24. The number of nitrogens with two attached hydrogens (primary N) is 1. The van der Waals surface area contributed by atoms with Crippen molar-refractivity contribution in [1.82, 2.24) is 4.98 Å². The normalized spacial score (nSPS) is 10.3. The first-order valence-electron chi connectivity index (χ1n) is 11.1. The van der Waals surface area contributed by atoms with Gasteiger partial charge in [-0.3, -0.25) is 19.7 Å². The SMILES string of the molecule is CCCCCCC(=O)OC.COc1cc(C(N)=O)ccc1Cc1c[nH]c2ccc([N+](=O)[O-])cc12. The number of primary amides is 1. The van der Waals surface area contributed by atoms with Gasteiger partial charge in [-0.15, -0.1) is 0 Å². The van der Waals surface area contributed by atoms with E-state index < -0.39 is 10.8 Å². The van der Waals surface area contributed by atoms with E-state index in [9.17, 15) is 19.7 Å². The summed E-state index contributed by atoms with van der Waals surface area (Å²) < 4.78 is 9.82. The number of hydrogen-bond acceptors (Lipinski definition) is 6. The Morgan fingerprint density at radius 3 is 2.44 bits per heavy atom. The third kappa shape index (κ3) is 7.33. The Hall–Kier alpha value is -3.88. The second kappa shape index (κ2) is 13.0. The molecule has 0 aliphatic rings. The van der Waals surface area contributed by atoms with Crippen molar-refractivity contribution in [2.24, 2.45) is 5.73 Å². The number of non-ortho nitro benzene ring substituents is 1. The van der Waals surface area contributed by atoms with E-state index in [2.05, 4.69) is 16.6 Å². The molecule has 9 heteroatoms. The van der Waals surface area contributed by atoms with Gasteiger partial charge in [0.25, 0.3) is 5.69 Å². The summed E-state index contributed by atoms with van der Waals surface area (Å²) in [6.07, 6.45) is 7.44. The predicted octanol–water partition coefficient (Wildman–Crippen LogP) is 4.90. The van der Waals surface area contributed by atoms with Gasteiger partial charge in [-0.1, -0.05) is 32.3 Å². The Labute approximate surface area is 198 Å². The number of methoxy groups -OCH3 is 2. The molecule has 0 atom stereocenters.